The molecule has 0 aliphatic carbocycles. The zero-order valence-corrected chi connectivity index (χ0v) is 14.2. The van der Waals surface area contributed by atoms with Crippen LogP contribution in [0.25, 0.3) is 0 Å². The lowest BCUT2D eigenvalue weighted by Gasteiger charge is -2.00. The van der Waals surface area contributed by atoms with Gasteiger partial charge in [-0.1, -0.05) is 71.1 Å². The number of carbonyl (C=O) groups is 1. The van der Waals surface area contributed by atoms with Crippen LogP contribution in [0.3, 0.4) is 0 Å². The first-order chi connectivity index (χ1) is 11.2. The van der Waals surface area contributed by atoms with Gasteiger partial charge >= 0.3 is 0 Å². The molecule has 0 fully saturated rings. The summed E-state index contributed by atoms with van der Waals surface area (Å²) in [6.45, 7) is 2.08. The zero-order chi connectivity index (χ0) is 16.1. The van der Waals surface area contributed by atoms with E-state index in [4.69, 9.17) is 0 Å². The minimum absolute atomic E-state index is 0.169. The van der Waals surface area contributed by atoms with Gasteiger partial charge in [-0.25, -0.2) is 0 Å². The Bertz CT molecular complexity index is 802. The summed E-state index contributed by atoms with van der Waals surface area (Å²) in [5.74, 6) is 0.667. The highest BCUT2D eigenvalue weighted by molar-refractivity contribution is 8.00. The maximum Gasteiger partial charge on any atom is 0.257 e. The molecule has 4 nitrogen and oxygen atoms in total. The molecule has 0 saturated carbocycles. The highest BCUT2D eigenvalue weighted by atomic mass is 32.2. The molecular formula is C17H15N3OS2. The van der Waals surface area contributed by atoms with Crippen LogP contribution in [0.5, 0.6) is 0 Å². The predicted octanol–water partition coefficient (Wildman–Crippen LogP) is 4.39. The number of anilines is 1. The van der Waals surface area contributed by atoms with E-state index in [-0.39, 0.29) is 5.91 Å². The molecule has 23 heavy (non-hydrogen) atoms. The molecular weight excluding hydrogens is 326 g/mol. The zero-order valence-electron chi connectivity index (χ0n) is 12.5. The third-order valence-corrected chi connectivity index (χ3v) is 5.15. The number of carbonyl (C=O) groups excluding carboxylic acids is 1. The minimum Gasteiger partial charge on any atom is -0.296 e. The van der Waals surface area contributed by atoms with E-state index in [9.17, 15) is 4.79 Å². The SMILES string of the molecule is Cc1cccc(CSc2nnc(NC(=O)c3ccccc3)s2)c1. The maximum atomic E-state index is 12.1. The summed E-state index contributed by atoms with van der Waals surface area (Å²) in [7, 11) is 0. The van der Waals surface area contributed by atoms with Crippen molar-refractivity contribution in [3.8, 4) is 0 Å². The van der Waals surface area contributed by atoms with Crippen molar-refractivity contribution in [2.45, 2.75) is 17.0 Å². The van der Waals surface area contributed by atoms with E-state index in [1.807, 2.05) is 18.2 Å². The van der Waals surface area contributed by atoms with Crippen LogP contribution in [0.2, 0.25) is 0 Å². The Kier molecular flexibility index (Phi) is 5.05. The number of amides is 1. The lowest BCUT2D eigenvalue weighted by molar-refractivity contribution is 0.102. The lowest BCUT2D eigenvalue weighted by Crippen LogP contribution is -2.11. The first-order valence-electron chi connectivity index (χ1n) is 7.09. The second kappa shape index (κ2) is 7.39. The van der Waals surface area contributed by atoms with Crippen molar-refractivity contribution >= 4 is 34.1 Å². The Balaban J connectivity index is 1.59. The quantitative estimate of drug-likeness (QED) is 0.552. The topological polar surface area (TPSA) is 54.9 Å². The average Bonchev–Trinajstić information content (AvgIpc) is 3.01. The third kappa shape index (κ3) is 4.40. The highest BCUT2D eigenvalue weighted by Crippen LogP contribution is 2.28. The van der Waals surface area contributed by atoms with Gasteiger partial charge in [-0.2, -0.15) is 0 Å². The van der Waals surface area contributed by atoms with E-state index in [2.05, 4.69) is 46.7 Å². The molecule has 3 rings (SSSR count). The lowest BCUT2D eigenvalue weighted by atomic mass is 10.2. The van der Waals surface area contributed by atoms with E-state index < -0.39 is 0 Å². The first-order valence-corrected chi connectivity index (χ1v) is 8.89. The van der Waals surface area contributed by atoms with Crippen LogP contribution in [0.1, 0.15) is 21.5 Å². The van der Waals surface area contributed by atoms with Crippen molar-refractivity contribution < 1.29 is 4.79 Å². The number of hydrogen-bond donors (Lipinski definition) is 1. The van der Waals surface area contributed by atoms with Crippen molar-refractivity contribution in [3.63, 3.8) is 0 Å². The summed E-state index contributed by atoms with van der Waals surface area (Å²) in [4.78, 5) is 12.1. The molecule has 0 unspecified atom stereocenters. The molecule has 0 saturated heterocycles. The molecule has 1 amide bonds. The fraction of sp³-hybridized carbons (Fsp3) is 0.118. The summed E-state index contributed by atoms with van der Waals surface area (Å²) in [5, 5.41) is 11.4. The first kappa shape index (κ1) is 15.7. The van der Waals surface area contributed by atoms with Crippen LogP contribution >= 0.6 is 23.1 Å². The Hall–Kier alpha value is -2.18. The van der Waals surface area contributed by atoms with Gasteiger partial charge in [-0.3, -0.25) is 10.1 Å². The van der Waals surface area contributed by atoms with Gasteiger partial charge in [0.25, 0.3) is 5.91 Å². The van der Waals surface area contributed by atoms with Gasteiger partial charge in [0, 0.05) is 11.3 Å². The number of benzene rings is 2. The molecule has 1 heterocycles. The Morgan fingerprint density at radius 1 is 1.13 bits per heavy atom. The second-order valence-electron chi connectivity index (χ2n) is 4.97. The van der Waals surface area contributed by atoms with Gasteiger partial charge in [0.15, 0.2) is 4.34 Å². The smallest absolute Gasteiger partial charge is 0.257 e. The maximum absolute atomic E-state index is 12.1. The summed E-state index contributed by atoms with van der Waals surface area (Å²) >= 11 is 3.01. The molecule has 1 N–H and O–H groups in total. The predicted molar refractivity (Wildman–Crippen MR) is 95.0 cm³/mol. The van der Waals surface area contributed by atoms with Crippen molar-refractivity contribution in [2.24, 2.45) is 0 Å². The normalized spacial score (nSPS) is 10.5. The minimum atomic E-state index is -0.169. The largest absolute Gasteiger partial charge is 0.296 e. The van der Waals surface area contributed by atoms with E-state index in [1.165, 1.54) is 22.5 Å². The standard InChI is InChI=1S/C17H15N3OS2/c1-12-6-5-7-13(10-12)11-22-17-20-19-16(23-17)18-15(21)14-8-3-2-4-9-14/h2-10H,11H2,1H3,(H,18,19,21). The van der Waals surface area contributed by atoms with Crippen LogP contribution in [0, 0.1) is 6.92 Å². The Labute approximate surface area is 143 Å². The van der Waals surface area contributed by atoms with E-state index in [0.29, 0.717) is 10.7 Å². The highest BCUT2D eigenvalue weighted by Gasteiger charge is 2.10. The molecule has 0 atom stereocenters. The van der Waals surface area contributed by atoms with Crippen LogP contribution in [-0.4, -0.2) is 16.1 Å². The number of aromatic nitrogens is 2. The third-order valence-electron chi connectivity index (χ3n) is 3.11. The van der Waals surface area contributed by atoms with Gasteiger partial charge in [-0.15, -0.1) is 10.2 Å². The molecule has 2 aromatic carbocycles. The van der Waals surface area contributed by atoms with Gasteiger partial charge < -0.3 is 0 Å². The Morgan fingerprint density at radius 2 is 1.96 bits per heavy atom. The van der Waals surface area contributed by atoms with Crippen molar-refractivity contribution in [2.75, 3.05) is 5.32 Å². The van der Waals surface area contributed by atoms with E-state index >= 15 is 0 Å². The fourth-order valence-corrected chi connectivity index (χ4v) is 3.71. The second-order valence-corrected chi connectivity index (χ2v) is 7.17. The van der Waals surface area contributed by atoms with Gasteiger partial charge in [-0.05, 0) is 24.6 Å². The van der Waals surface area contributed by atoms with E-state index in [0.717, 1.165) is 10.1 Å². The number of nitrogens with one attached hydrogen (secondary N) is 1. The fourth-order valence-electron chi connectivity index (χ4n) is 2.02. The summed E-state index contributed by atoms with van der Waals surface area (Å²) in [6.07, 6.45) is 0. The molecule has 3 aromatic rings. The number of nitrogens with zero attached hydrogens (tertiary/aromatic N) is 2. The summed E-state index contributed by atoms with van der Waals surface area (Å²) in [5.41, 5.74) is 3.10. The number of rotatable bonds is 5. The molecule has 0 radical (unpaired) electrons. The van der Waals surface area contributed by atoms with Crippen LogP contribution in [-0.2, 0) is 5.75 Å². The van der Waals surface area contributed by atoms with E-state index in [1.54, 1.807) is 23.9 Å². The van der Waals surface area contributed by atoms with Gasteiger partial charge in [0.2, 0.25) is 5.13 Å². The van der Waals surface area contributed by atoms with Crippen molar-refractivity contribution in [3.05, 3.63) is 71.3 Å². The molecule has 0 aliphatic rings. The average molecular weight is 341 g/mol. The van der Waals surface area contributed by atoms with Gasteiger partial charge in [0.05, 0.1) is 0 Å². The van der Waals surface area contributed by atoms with Crippen molar-refractivity contribution in [1.29, 1.82) is 0 Å². The molecule has 6 heteroatoms. The molecule has 1 aromatic heterocycles. The number of aryl methyl sites for hydroxylation is 1. The molecule has 0 spiro atoms. The number of thioether (sulfide) groups is 1. The van der Waals surface area contributed by atoms with Gasteiger partial charge in [0.1, 0.15) is 0 Å². The van der Waals surface area contributed by atoms with Crippen LogP contribution < -0.4 is 5.32 Å². The molecule has 0 aliphatic heterocycles. The summed E-state index contributed by atoms with van der Waals surface area (Å²) < 4.78 is 0.842. The number of hydrogen-bond acceptors (Lipinski definition) is 5. The van der Waals surface area contributed by atoms with Crippen molar-refractivity contribution in [1.82, 2.24) is 10.2 Å². The van der Waals surface area contributed by atoms with Crippen LogP contribution in [0.15, 0.2) is 58.9 Å². The molecule has 116 valence electrons. The molecule has 0 bridgehead atoms. The Morgan fingerprint density at radius 3 is 2.74 bits per heavy atom. The monoisotopic (exact) mass is 341 g/mol. The van der Waals surface area contributed by atoms with Crippen LogP contribution in [0.4, 0.5) is 5.13 Å². The summed E-state index contributed by atoms with van der Waals surface area (Å²) in [6, 6.07) is 17.5.